The first-order valence-electron chi connectivity index (χ1n) is 9.35. The molecule has 2 saturated heterocycles. The number of urea groups is 1. The number of hydrogen-bond acceptors (Lipinski definition) is 3. The maximum atomic E-state index is 12.4. The van der Waals surface area contributed by atoms with Crippen LogP contribution in [0.4, 0.5) is 4.79 Å². The van der Waals surface area contributed by atoms with Crippen molar-refractivity contribution in [3.8, 4) is 0 Å². The van der Waals surface area contributed by atoms with Crippen LogP contribution in [0, 0.1) is 11.8 Å². The number of hydrogen-bond donors (Lipinski definition) is 2. The summed E-state index contributed by atoms with van der Waals surface area (Å²) in [4.78, 5) is 16.8. The largest absolute Gasteiger partial charge is 0.396 e. The zero-order valence-corrected chi connectivity index (χ0v) is 15.2. The molecule has 0 bridgehead atoms. The number of aliphatic hydroxyl groups excluding tert-OH is 1. The molecule has 0 aliphatic carbocycles. The van der Waals surface area contributed by atoms with Gasteiger partial charge in [-0.15, -0.1) is 0 Å². The maximum absolute atomic E-state index is 12.4. The molecule has 1 atom stereocenters. The summed E-state index contributed by atoms with van der Waals surface area (Å²) < 4.78 is 0. The second-order valence-electron chi connectivity index (χ2n) is 7.95. The van der Waals surface area contributed by atoms with E-state index in [1.54, 1.807) is 0 Å². The average Bonchev–Trinajstić information content (AvgIpc) is 2.60. The van der Waals surface area contributed by atoms with Gasteiger partial charge in [-0.25, -0.2) is 4.79 Å². The summed E-state index contributed by atoms with van der Waals surface area (Å²) in [5.74, 6) is 1.17. The number of carbonyl (C=O) groups excluding carboxylic acids is 1. The Bertz CT molecular complexity index is 378. The van der Waals surface area contributed by atoms with Crippen molar-refractivity contribution in [3.05, 3.63) is 0 Å². The quantitative estimate of drug-likeness (QED) is 0.815. The van der Waals surface area contributed by atoms with Crippen molar-refractivity contribution in [1.29, 1.82) is 0 Å². The van der Waals surface area contributed by atoms with E-state index in [0.717, 1.165) is 44.9 Å². The first kappa shape index (κ1) is 18.5. The molecule has 0 aromatic heterocycles. The molecule has 5 nitrogen and oxygen atoms in total. The van der Waals surface area contributed by atoms with Crippen LogP contribution in [0.5, 0.6) is 0 Å². The molecular formula is C18H35N3O2. The minimum absolute atomic E-state index is 0.00687. The SMILES string of the molecule is CCC1CCCN(C(C)(C)CNC(=O)N2CCC(CO)CC2)C1. The highest BCUT2D eigenvalue weighted by molar-refractivity contribution is 5.74. The van der Waals surface area contributed by atoms with Crippen molar-refractivity contribution in [2.45, 2.75) is 58.4 Å². The third kappa shape index (κ3) is 5.08. The lowest BCUT2D eigenvalue weighted by Gasteiger charge is -2.44. The molecule has 1 unspecified atom stereocenters. The fourth-order valence-electron chi connectivity index (χ4n) is 3.78. The molecule has 2 amide bonds. The van der Waals surface area contributed by atoms with Crippen LogP contribution in [0.1, 0.15) is 52.9 Å². The van der Waals surface area contributed by atoms with Crippen LogP contribution in [-0.2, 0) is 0 Å². The van der Waals surface area contributed by atoms with E-state index in [2.05, 4.69) is 31.0 Å². The highest BCUT2D eigenvalue weighted by Crippen LogP contribution is 2.25. The van der Waals surface area contributed by atoms with Gasteiger partial charge in [0.05, 0.1) is 0 Å². The molecule has 0 aromatic rings. The predicted octanol–water partition coefficient (Wildman–Crippen LogP) is 2.30. The molecule has 2 heterocycles. The number of aliphatic hydroxyl groups is 1. The standard InChI is InChI=1S/C18H35N3O2/c1-4-15-6-5-9-21(12-15)18(2,3)14-19-17(23)20-10-7-16(13-22)8-11-20/h15-16,22H,4-14H2,1-3H3,(H,19,23). The average molecular weight is 325 g/mol. The topological polar surface area (TPSA) is 55.8 Å². The molecule has 0 spiro atoms. The van der Waals surface area contributed by atoms with Crippen molar-refractivity contribution in [1.82, 2.24) is 15.1 Å². The first-order valence-corrected chi connectivity index (χ1v) is 9.35. The van der Waals surface area contributed by atoms with Crippen LogP contribution in [0.25, 0.3) is 0 Å². The van der Waals surface area contributed by atoms with E-state index < -0.39 is 0 Å². The summed E-state index contributed by atoms with van der Waals surface area (Å²) in [6.45, 7) is 11.5. The molecule has 0 saturated carbocycles. The van der Waals surface area contributed by atoms with Crippen LogP contribution >= 0.6 is 0 Å². The second kappa shape index (κ2) is 8.34. The van der Waals surface area contributed by atoms with Gasteiger partial charge in [0.15, 0.2) is 0 Å². The fourth-order valence-corrected chi connectivity index (χ4v) is 3.78. The third-order valence-corrected chi connectivity index (χ3v) is 5.78. The molecule has 2 aliphatic rings. The normalized spacial score (nSPS) is 24.7. The summed E-state index contributed by atoms with van der Waals surface area (Å²) in [6.07, 6.45) is 5.69. The van der Waals surface area contributed by atoms with Crippen molar-refractivity contribution in [2.75, 3.05) is 39.3 Å². The van der Waals surface area contributed by atoms with E-state index in [-0.39, 0.29) is 18.2 Å². The Morgan fingerprint density at radius 2 is 1.87 bits per heavy atom. The van der Waals surface area contributed by atoms with Gasteiger partial charge < -0.3 is 15.3 Å². The van der Waals surface area contributed by atoms with Gasteiger partial charge in [-0.2, -0.15) is 0 Å². The molecule has 2 fully saturated rings. The Balaban J connectivity index is 1.78. The number of rotatable bonds is 5. The molecule has 2 N–H and O–H groups in total. The number of carbonyl (C=O) groups is 1. The fraction of sp³-hybridized carbons (Fsp3) is 0.944. The van der Waals surface area contributed by atoms with Gasteiger partial charge in [0.25, 0.3) is 0 Å². The van der Waals surface area contributed by atoms with Crippen LogP contribution in [0.15, 0.2) is 0 Å². The molecular weight excluding hydrogens is 290 g/mol. The van der Waals surface area contributed by atoms with Crippen LogP contribution in [0.2, 0.25) is 0 Å². The summed E-state index contributed by atoms with van der Waals surface area (Å²) in [6, 6.07) is 0.0542. The van der Waals surface area contributed by atoms with Crippen LogP contribution in [-0.4, -0.2) is 65.8 Å². The van der Waals surface area contributed by atoms with Gasteiger partial charge >= 0.3 is 6.03 Å². The highest BCUT2D eigenvalue weighted by atomic mass is 16.3. The van der Waals surface area contributed by atoms with Crippen molar-refractivity contribution >= 4 is 6.03 Å². The number of likely N-dealkylation sites (tertiary alicyclic amines) is 2. The molecule has 0 radical (unpaired) electrons. The van der Waals surface area contributed by atoms with E-state index in [4.69, 9.17) is 0 Å². The van der Waals surface area contributed by atoms with E-state index in [1.165, 1.54) is 19.3 Å². The van der Waals surface area contributed by atoms with Gasteiger partial charge in [-0.3, -0.25) is 4.90 Å². The van der Waals surface area contributed by atoms with Gasteiger partial charge in [-0.1, -0.05) is 13.3 Å². The van der Waals surface area contributed by atoms with Gasteiger partial charge in [0, 0.05) is 38.3 Å². The summed E-state index contributed by atoms with van der Waals surface area (Å²) in [5, 5.41) is 12.3. The van der Waals surface area contributed by atoms with Crippen LogP contribution in [0.3, 0.4) is 0 Å². The molecule has 134 valence electrons. The summed E-state index contributed by atoms with van der Waals surface area (Å²) in [5.41, 5.74) is 0.00687. The minimum atomic E-state index is 0.00687. The number of nitrogens with zero attached hydrogens (tertiary/aromatic N) is 2. The van der Waals surface area contributed by atoms with E-state index >= 15 is 0 Å². The summed E-state index contributed by atoms with van der Waals surface area (Å²) >= 11 is 0. The summed E-state index contributed by atoms with van der Waals surface area (Å²) in [7, 11) is 0. The van der Waals surface area contributed by atoms with E-state index in [1.807, 2.05) is 4.90 Å². The lowest BCUT2D eigenvalue weighted by atomic mass is 9.91. The zero-order chi connectivity index (χ0) is 16.9. The van der Waals surface area contributed by atoms with Gasteiger partial charge in [0.1, 0.15) is 0 Å². The third-order valence-electron chi connectivity index (χ3n) is 5.78. The molecule has 2 rings (SSSR count). The van der Waals surface area contributed by atoms with Crippen molar-refractivity contribution < 1.29 is 9.90 Å². The number of amides is 2. The molecule has 2 aliphatic heterocycles. The Morgan fingerprint density at radius 3 is 2.48 bits per heavy atom. The van der Waals surface area contributed by atoms with E-state index in [9.17, 15) is 9.90 Å². The number of nitrogens with one attached hydrogen (secondary N) is 1. The van der Waals surface area contributed by atoms with Crippen molar-refractivity contribution in [2.24, 2.45) is 11.8 Å². The minimum Gasteiger partial charge on any atom is -0.396 e. The Hall–Kier alpha value is -0.810. The molecule has 0 aromatic carbocycles. The molecule has 5 heteroatoms. The monoisotopic (exact) mass is 325 g/mol. The van der Waals surface area contributed by atoms with Gasteiger partial charge in [-0.05, 0) is 57.9 Å². The van der Waals surface area contributed by atoms with Crippen LogP contribution < -0.4 is 5.32 Å². The zero-order valence-electron chi connectivity index (χ0n) is 15.2. The second-order valence-corrected chi connectivity index (χ2v) is 7.95. The smallest absolute Gasteiger partial charge is 0.317 e. The Kier molecular flexibility index (Phi) is 6.72. The Morgan fingerprint density at radius 1 is 1.17 bits per heavy atom. The highest BCUT2D eigenvalue weighted by Gasteiger charge is 2.32. The number of piperidine rings is 2. The molecule has 23 heavy (non-hydrogen) atoms. The van der Waals surface area contributed by atoms with Gasteiger partial charge in [0.2, 0.25) is 0 Å². The van der Waals surface area contributed by atoms with E-state index in [0.29, 0.717) is 12.5 Å². The predicted molar refractivity (Wildman–Crippen MR) is 93.4 cm³/mol. The lowest BCUT2D eigenvalue weighted by molar-refractivity contribution is 0.0644. The van der Waals surface area contributed by atoms with Crippen molar-refractivity contribution in [3.63, 3.8) is 0 Å². The maximum Gasteiger partial charge on any atom is 0.317 e. The first-order chi connectivity index (χ1) is 11.0. The lowest BCUT2D eigenvalue weighted by Crippen LogP contribution is -2.56. The Labute approximate surface area is 141 Å².